The van der Waals surface area contributed by atoms with Crippen LogP contribution < -0.4 is 4.74 Å². The molecule has 0 spiro atoms. The van der Waals surface area contributed by atoms with E-state index in [4.69, 9.17) is 16.3 Å². The van der Waals surface area contributed by atoms with Crippen LogP contribution in [0.15, 0.2) is 18.2 Å². The molecule has 0 radical (unpaired) electrons. The van der Waals surface area contributed by atoms with Crippen molar-refractivity contribution in [3.05, 3.63) is 40.4 Å². The molecule has 0 atom stereocenters. The minimum absolute atomic E-state index is 0.439. The van der Waals surface area contributed by atoms with E-state index in [1.807, 2.05) is 25.1 Å². The van der Waals surface area contributed by atoms with Crippen molar-refractivity contribution in [2.24, 2.45) is 0 Å². The van der Waals surface area contributed by atoms with E-state index in [0.717, 1.165) is 35.9 Å². The van der Waals surface area contributed by atoms with Gasteiger partial charge in [0.2, 0.25) is 0 Å². The molecular formula is C14H16ClN3O. The number of hydrogen-bond donors (Lipinski definition) is 0. The van der Waals surface area contributed by atoms with Gasteiger partial charge < -0.3 is 9.30 Å². The summed E-state index contributed by atoms with van der Waals surface area (Å²) < 4.78 is 7.99. The monoisotopic (exact) mass is 277 g/mol. The predicted molar refractivity (Wildman–Crippen MR) is 73.5 cm³/mol. The van der Waals surface area contributed by atoms with Crippen LogP contribution in [0, 0.1) is 6.92 Å². The van der Waals surface area contributed by atoms with Crippen molar-refractivity contribution in [2.45, 2.75) is 39.3 Å². The summed E-state index contributed by atoms with van der Waals surface area (Å²) in [5, 5.41) is 9.12. The lowest BCUT2D eigenvalue weighted by molar-refractivity contribution is 0.284. The molecule has 1 aliphatic rings. The maximum absolute atomic E-state index is 5.98. The summed E-state index contributed by atoms with van der Waals surface area (Å²) in [5.41, 5.74) is 1.07. The smallest absolute Gasteiger partial charge is 0.171 e. The summed E-state index contributed by atoms with van der Waals surface area (Å²) in [7, 11) is 0. The largest absolute Gasteiger partial charge is 0.485 e. The van der Waals surface area contributed by atoms with E-state index in [0.29, 0.717) is 11.6 Å². The standard InChI is InChI=1S/C14H16ClN3O/c1-10-5-6-11(15)8-12(10)19-9-14-17-16-13-4-2-3-7-18(13)14/h5-6,8H,2-4,7,9H2,1H3. The van der Waals surface area contributed by atoms with Gasteiger partial charge in [0.15, 0.2) is 5.82 Å². The van der Waals surface area contributed by atoms with Gasteiger partial charge in [-0.3, -0.25) is 0 Å². The lowest BCUT2D eigenvalue weighted by atomic mass is 10.2. The lowest BCUT2D eigenvalue weighted by Crippen LogP contribution is -2.14. The van der Waals surface area contributed by atoms with Crippen LogP contribution in [0.25, 0.3) is 0 Å². The molecule has 1 aromatic carbocycles. The Morgan fingerprint density at radius 1 is 1.32 bits per heavy atom. The average Bonchev–Trinajstić information content (AvgIpc) is 2.83. The topological polar surface area (TPSA) is 39.9 Å². The highest BCUT2D eigenvalue weighted by Crippen LogP contribution is 2.23. The van der Waals surface area contributed by atoms with Gasteiger partial charge in [0.05, 0.1) is 0 Å². The number of rotatable bonds is 3. The molecule has 0 saturated heterocycles. The maximum atomic E-state index is 5.98. The number of halogens is 1. The molecular weight excluding hydrogens is 262 g/mol. The molecule has 4 nitrogen and oxygen atoms in total. The maximum Gasteiger partial charge on any atom is 0.171 e. The van der Waals surface area contributed by atoms with Gasteiger partial charge >= 0.3 is 0 Å². The molecule has 19 heavy (non-hydrogen) atoms. The van der Waals surface area contributed by atoms with Crippen LogP contribution in [-0.4, -0.2) is 14.8 Å². The third-order valence-corrected chi connectivity index (χ3v) is 3.68. The number of aromatic nitrogens is 3. The van der Waals surface area contributed by atoms with Crippen LogP contribution in [0.5, 0.6) is 5.75 Å². The Hall–Kier alpha value is -1.55. The molecule has 0 amide bonds. The molecule has 3 rings (SSSR count). The second-order valence-corrected chi connectivity index (χ2v) is 5.28. The van der Waals surface area contributed by atoms with E-state index in [2.05, 4.69) is 14.8 Å². The fourth-order valence-electron chi connectivity index (χ4n) is 2.35. The number of hydrogen-bond acceptors (Lipinski definition) is 3. The zero-order valence-corrected chi connectivity index (χ0v) is 11.7. The van der Waals surface area contributed by atoms with Crippen LogP contribution >= 0.6 is 11.6 Å². The predicted octanol–water partition coefficient (Wildman–Crippen LogP) is 3.16. The van der Waals surface area contributed by atoms with Crippen molar-refractivity contribution in [2.75, 3.05) is 0 Å². The highest BCUT2D eigenvalue weighted by molar-refractivity contribution is 6.30. The van der Waals surface area contributed by atoms with Crippen molar-refractivity contribution in [1.29, 1.82) is 0 Å². The summed E-state index contributed by atoms with van der Waals surface area (Å²) in [6.07, 6.45) is 3.41. The van der Waals surface area contributed by atoms with Crippen LogP contribution in [0.3, 0.4) is 0 Å². The molecule has 0 saturated carbocycles. The van der Waals surface area contributed by atoms with Gasteiger partial charge in [-0.25, -0.2) is 0 Å². The number of fused-ring (bicyclic) bond motifs is 1. The SMILES string of the molecule is Cc1ccc(Cl)cc1OCc1nnc2n1CCCC2. The zero-order chi connectivity index (χ0) is 13.2. The van der Waals surface area contributed by atoms with Gasteiger partial charge in [0, 0.05) is 18.0 Å². The number of aryl methyl sites for hydroxylation is 2. The summed E-state index contributed by atoms with van der Waals surface area (Å²) >= 11 is 5.98. The molecule has 5 heteroatoms. The number of ether oxygens (including phenoxy) is 1. The van der Waals surface area contributed by atoms with Crippen molar-refractivity contribution in [1.82, 2.24) is 14.8 Å². The van der Waals surface area contributed by atoms with E-state index >= 15 is 0 Å². The third-order valence-electron chi connectivity index (χ3n) is 3.44. The Bertz CT molecular complexity index is 594. The van der Waals surface area contributed by atoms with Crippen molar-refractivity contribution >= 4 is 11.6 Å². The van der Waals surface area contributed by atoms with Crippen LogP contribution in [0.1, 0.15) is 30.1 Å². The second kappa shape index (κ2) is 5.21. The highest BCUT2D eigenvalue weighted by Gasteiger charge is 2.16. The Morgan fingerprint density at radius 3 is 3.11 bits per heavy atom. The number of nitrogens with zero attached hydrogens (tertiary/aromatic N) is 3. The zero-order valence-electron chi connectivity index (χ0n) is 10.9. The molecule has 1 aromatic heterocycles. The first-order valence-electron chi connectivity index (χ1n) is 6.54. The van der Waals surface area contributed by atoms with Crippen molar-refractivity contribution < 1.29 is 4.74 Å². The first-order chi connectivity index (χ1) is 9.24. The Kier molecular flexibility index (Phi) is 3.42. The fraction of sp³-hybridized carbons (Fsp3) is 0.429. The Morgan fingerprint density at radius 2 is 2.21 bits per heavy atom. The van der Waals surface area contributed by atoms with Gasteiger partial charge in [-0.05, 0) is 37.5 Å². The van der Waals surface area contributed by atoms with E-state index in [1.165, 1.54) is 12.8 Å². The Balaban J connectivity index is 1.75. The van der Waals surface area contributed by atoms with E-state index in [-0.39, 0.29) is 0 Å². The van der Waals surface area contributed by atoms with Crippen LogP contribution in [0.2, 0.25) is 5.02 Å². The van der Waals surface area contributed by atoms with Gasteiger partial charge in [-0.1, -0.05) is 17.7 Å². The van der Waals surface area contributed by atoms with Crippen LogP contribution in [0.4, 0.5) is 0 Å². The molecule has 0 aliphatic carbocycles. The van der Waals surface area contributed by atoms with E-state index in [9.17, 15) is 0 Å². The van der Waals surface area contributed by atoms with Gasteiger partial charge in [0.1, 0.15) is 18.2 Å². The first kappa shape index (κ1) is 12.5. The van der Waals surface area contributed by atoms with Crippen molar-refractivity contribution in [3.8, 4) is 5.75 Å². The van der Waals surface area contributed by atoms with E-state index < -0.39 is 0 Å². The minimum atomic E-state index is 0.439. The molecule has 0 bridgehead atoms. The molecule has 0 N–H and O–H groups in total. The molecule has 1 aliphatic heterocycles. The molecule has 0 fully saturated rings. The molecule has 2 heterocycles. The first-order valence-corrected chi connectivity index (χ1v) is 6.92. The summed E-state index contributed by atoms with van der Waals surface area (Å²) in [6.45, 7) is 3.44. The van der Waals surface area contributed by atoms with Gasteiger partial charge in [0.25, 0.3) is 0 Å². The molecule has 0 unspecified atom stereocenters. The highest BCUT2D eigenvalue weighted by atomic mass is 35.5. The summed E-state index contributed by atoms with van der Waals surface area (Å²) in [4.78, 5) is 0. The number of benzene rings is 1. The quantitative estimate of drug-likeness (QED) is 0.865. The van der Waals surface area contributed by atoms with Crippen LogP contribution in [-0.2, 0) is 19.6 Å². The normalized spacial score (nSPS) is 14.2. The van der Waals surface area contributed by atoms with Crippen molar-refractivity contribution in [3.63, 3.8) is 0 Å². The van der Waals surface area contributed by atoms with Gasteiger partial charge in [-0.2, -0.15) is 0 Å². The van der Waals surface area contributed by atoms with Gasteiger partial charge in [-0.15, -0.1) is 10.2 Å². The molecule has 100 valence electrons. The summed E-state index contributed by atoms with van der Waals surface area (Å²) in [5.74, 6) is 2.78. The second-order valence-electron chi connectivity index (χ2n) is 4.84. The molecule has 2 aromatic rings. The fourth-order valence-corrected chi connectivity index (χ4v) is 2.51. The Labute approximate surface area is 117 Å². The summed E-state index contributed by atoms with van der Waals surface area (Å²) in [6, 6.07) is 5.66. The minimum Gasteiger partial charge on any atom is -0.485 e. The lowest BCUT2D eigenvalue weighted by Gasteiger charge is -2.15. The average molecular weight is 278 g/mol. The third kappa shape index (κ3) is 2.59. The van der Waals surface area contributed by atoms with E-state index in [1.54, 1.807) is 0 Å².